The first-order valence-corrected chi connectivity index (χ1v) is 5.57. The molecule has 0 atom stereocenters. The molecule has 2 heterocycles. The minimum atomic E-state index is -0.622. The molecule has 7 nitrogen and oxygen atoms in total. The number of aromatic hydroxyl groups is 1. The van der Waals surface area contributed by atoms with Crippen molar-refractivity contribution in [2.24, 2.45) is 0 Å². The van der Waals surface area contributed by atoms with Gasteiger partial charge in [-0.2, -0.15) is 0 Å². The number of rotatable bonds is 1. The Hall–Kier alpha value is -2.83. The molecule has 0 unspecified atom stereocenters. The number of aromatic amines is 3. The Balaban J connectivity index is 2.29. The maximum absolute atomic E-state index is 11.6. The number of aromatic nitrogens is 4. The maximum atomic E-state index is 11.6. The van der Waals surface area contributed by atoms with Crippen LogP contribution in [-0.4, -0.2) is 25.0 Å². The Labute approximate surface area is 106 Å². The summed E-state index contributed by atoms with van der Waals surface area (Å²) >= 11 is 0. The lowest BCUT2D eigenvalue weighted by Crippen LogP contribution is -2.21. The Morgan fingerprint density at radius 3 is 2.68 bits per heavy atom. The second kappa shape index (κ2) is 3.84. The highest BCUT2D eigenvalue weighted by atomic mass is 16.3. The number of benzene rings is 1. The third-order valence-corrected chi connectivity index (χ3v) is 2.80. The molecule has 96 valence electrons. The van der Waals surface area contributed by atoms with Gasteiger partial charge in [0.25, 0.3) is 5.56 Å². The first kappa shape index (κ1) is 11.3. The molecule has 0 spiro atoms. The van der Waals surface area contributed by atoms with E-state index >= 15 is 0 Å². The summed E-state index contributed by atoms with van der Waals surface area (Å²) in [6.07, 6.45) is 0. The van der Waals surface area contributed by atoms with Gasteiger partial charge in [-0.1, -0.05) is 6.07 Å². The van der Waals surface area contributed by atoms with E-state index in [1.807, 2.05) is 13.0 Å². The van der Waals surface area contributed by atoms with Crippen molar-refractivity contribution in [1.29, 1.82) is 0 Å². The number of H-pyrrole nitrogens is 3. The number of nitrogens with zero attached hydrogens (tertiary/aromatic N) is 1. The topological polar surface area (TPSA) is 115 Å². The van der Waals surface area contributed by atoms with Crippen molar-refractivity contribution in [3.8, 4) is 17.1 Å². The summed E-state index contributed by atoms with van der Waals surface area (Å²) in [5.74, 6) is 0.373. The van der Waals surface area contributed by atoms with E-state index in [2.05, 4.69) is 19.9 Å². The number of phenols is 1. The van der Waals surface area contributed by atoms with Crippen molar-refractivity contribution < 1.29 is 5.11 Å². The molecule has 0 aliphatic heterocycles. The highest BCUT2D eigenvalue weighted by Crippen LogP contribution is 2.28. The van der Waals surface area contributed by atoms with Crippen LogP contribution in [0.25, 0.3) is 22.6 Å². The highest BCUT2D eigenvalue weighted by Gasteiger charge is 2.12. The predicted octanol–water partition coefficient (Wildman–Crippen LogP) is 0.621. The Kier molecular flexibility index (Phi) is 2.28. The average Bonchev–Trinajstić information content (AvgIpc) is 2.72. The molecule has 4 N–H and O–H groups in total. The number of phenolic OH excluding ortho intramolecular Hbond substituents is 1. The van der Waals surface area contributed by atoms with Crippen LogP contribution in [0.4, 0.5) is 0 Å². The van der Waals surface area contributed by atoms with Crippen LogP contribution < -0.4 is 11.2 Å². The Morgan fingerprint density at radius 2 is 1.95 bits per heavy atom. The third-order valence-electron chi connectivity index (χ3n) is 2.80. The van der Waals surface area contributed by atoms with Crippen molar-refractivity contribution >= 4 is 11.2 Å². The molecule has 3 rings (SSSR count). The van der Waals surface area contributed by atoms with Crippen LogP contribution >= 0.6 is 0 Å². The summed E-state index contributed by atoms with van der Waals surface area (Å²) in [5.41, 5.74) is 0.511. The SMILES string of the molecule is Cc1ccc(-c2nc3[nH]c(=O)[nH]c(=O)c3[nH]2)c(O)c1. The zero-order valence-electron chi connectivity index (χ0n) is 9.94. The van der Waals surface area contributed by atoms with Crippen molar-refractivity contribution in [3.63, 3.8) is 0 Å². The number of aryl methyl sites for hydroxylation is 1. The summed E-state index contributed by atoms with van der Waals surface area (Å²) in [7, 11) is 0. The predicted molar refractivity (Wildman–Crippen MR) is 69.2 cm³/mol. The number of hydrogen-bond donors (Lipinski definition) is 4. The average molecular weight is 258 g/mol. The summed E-state index contributed by atoms with van der Waals surface area (Å²) in [5, 5.41) is 9.88. The third kappa shape index (κ3) is 1.81. The van der Waals surface area contributed by atoms with E-state index in [1.54, 1.807) is 12.1 Å². The standard InChI is InChI=1S/C12H10N4O3/c1-5-2-3-6(7(17)4-5)9-13-8-10(14-9)15-12(19)16-11(8)18/h2-4,17H,1H3,(H3,13,14,15,16,18,19). The van der Waals surface area contributed by atoms with Crippen LogP contribution in [0.1, 0.15) is 5.56 Å². The lowest BCUT2D eigenvalue weighted by molar-refractivity contribution is 0.476. The minimum Gasteiger partial charge on any atom is -0.507 e. The zero-order chi connectivity index (χ0) is 13.6. The Morgan fingerprint density at radius 1 is 1.16 bits per heavy atom. The number of fused-ring (bicyclic) bond motifs is 1. The van der Waals surface area contributed by atoms with E-state index in [-0.39, 0.29) is 16.9 Å². The van der Waals surface area contributed by atoms with Crippen LogP contribution in [0.3, 0.4) is 0 Å². The van der Waals surface area contributed by atoms with Crippen molar-refractivity contribution in [1.82, 2.24) is 19.9 Å². The van der Waals surface area contributed by atoms with Gasteiger partial charge in [-0.05, 0) is 24.6 Å². The van der Waals surface area contributed by atoms with E-state index < -0.39 is 11.2 Å². The molecule has 0 saturated heterocycles. The maximum Gasteiger partial charge on any atom is 0.327 e. The van der Waals surface area contributed by atoms with Crippen molar-refractivity contribution in [2.45, 2.75) is 6.92 Å². The molecule has 0 bridgehead atoms. The molecule has 0 fully saturated rings. The summed E-state index contributed by atoms with van der Waals surface area (Å²) in [4.78, 5) is 34.1. The summed E-state index contributed by atoms with van der Waals surface area (Å²) < 4.78 is 0. The quantitative estimate of drug-likeness (QED) is 0.512. The zero-order valence-corrected chi connectivity index (χ0v) is 9.94. The van der Waals surface area contributed by atoms with Gasteiger partial charge in [0.2, 0.25) is 0 Å². The van der Waals surface area contributed by atoms with Gasteiger partial charge in [0.05, 0.1) is 5.56 Å². The van der Waals surface area contributed by atoms with Crippen LogP contribution in [-0.2, 0) is 0 Å². The summed E-state index contributed by atoms with van der Waals surface area (Å²) in [6.45, 7) is 1.85. The number of hydrogen-bond acceptors (Lipinski definition) is 4. The van der Waals surface area contributed by atoms with E-state index in [0.29, 0.717) is 11.4 Å². The molecule has 19 heavy (non-hydrogen) atoms. The second-order valence-electron chi connectivity index (χ2n) is 4.24. The molecule has 0 aliphatic carbocycles. The minimum absolute atomic E-state index is 0.0535. The first-order chi connectivity index (χ1) is 9.04. The van der Waals surface area contributed by atoms with Gasteiger partial charge in [0.1, 0.15) is 17.1 Å². The van der Waals surface area contributed by atoms with Crippen molar-refractivity contribution in [3.05, 3.63) is 44.6 Å². The molecule has 0 amide bonds. The molecule has 0 radical (unpaired) electrons. The Bertz CT molecular complexity index is 888. The van der Waals surface area contributed by atoms with Gasteiger partial charge < -0.3 is 10.1 Å². The van der Waals surface area contributed by atoms with Gasteiger partial charge >= 0.3 is 5.69 Å². The van der Waals surface area contributed by atoms with E-state index in [1.165, 1.54) is 0 Å². The van der Waals surface area contributed by atoms with Crippen LogP contribution in [0.15, 0.2) is 27.8 Å². The van der Waals surface area contributed by atoms with E-state index in [0.717, 1.165) is 5.56 Å². The van der Waals surface area contributed by atoms with Gasteiger partial charge in [0.15, 0.2) is 5.65 Å². The fraction of sp³-hybridized carbons (Fsp3) is 0.0833. The fourth-order valence-corrected chi connectivity index (χ4v) is 1.90. The van der Waals surface area contributed by atoms with Gasteiger partial charge in [-0.3, -0.25) is 14.8 Å². The monoisotopic (exact) mass is 258 g/mol. The van der Waals surface area contributed by atoms with Crippen LogP contribution in [0.5, 0.6) is 5.75 Å². The molecule has 1 aromatic carbocycles. The normalized spacial score (nSPS) is 11.0. The van der Waals surface area contributed by atoms with E-state index in [4.69, 9.17) is 0 Å². The molecule has 3 aromatic rings. The first-order valence-electron chi connectivity index (χ1n) is 5.57. The summed E-state index contributed by atoms with van der Waals surface area (Å²) in [6, 6.07) is 5.10. The number of nitrogens with one attached hydrogen (secondary N) is 3. The highest BCUT2D eigenvalue weighted by molar-refractivity contribution is 5.76. The van der Waals surface area contributed by atoms with Gasteiger partial charge in [-0.25, -0.2) is 9.78 Å². The lowest BCUT2D eigenvalue weighted by Gasteiger charge is -2.01. The van der Waals surface area contributed by atoms with Crippen molar-refractivity contribution in [2.75, 3.05) is 0 Å². The fourth-order valence-electron chi connectivity index (χ4n) is 1.90. The molecular formula is C12H10N4O3. The molecule has 0 saturated carbocycles. The molecule has 2 aromatic heterocycles. The molecule has 7 heteroatoms. The lowest BCUT2D eigenvalue weighted by atomic mass is 10.1. The smallest absolute Gasteiger partial charge is 0.327 e. The van der Waals surface area contributed by atoms with Crippen LogP contribution in [0.2, 0.25) is 0 Å². The largest absolute Gasteiger partial charge is 0.507 e. The van der Waals surface area contributed by atoms with E-state index in [9.17, 15) is 14.7 Å². The van der Waals surface area contributed by atoms with Gasteiger partial charge in [-0.15, -0.1) is 0 Å². The number of imidazole rings is 1. The molecule has 0 aliphatic rings. The second-order valence-corrected chi connectivity index (χ2v) is 4.24. The molecular weight excluding hydrogens is 248 g/mol. The van der Waals surface area contributed by atoms with Gasteiger partial charge in [0, 0.05) is 0 Å². The van der Waals surface area contributed by atoms with Crippen LogP contribution in [0, 0.1) is 6.92 Å².